The van der Waals surface area contributed by atoms with Crippen molar-refractivity contribution < 1.29 is 4.79 Å². The smallest absolute Gasteiger partial charge is 0.310 e. The van der Waals surface area contributed by atoms with Crippen molar-refractivity contribution in [2.45, 2.75) is 19.5 Å². The van der Waals surface area contributed by atoms with E-state index in [1.165, 1.54) is 16.8 Å². The fraction of sp³-hybridized carbons (Fsp3) is 0.190. The number of para-hydroxylation sites is 1. The van der Waals surface area contributed by atoms with Gasteiger partial charge in [0.2, 0.25) is 5.91 Å². The molecular weight excluding hydrogens is 342 g/mol. The molecule has 3 aromatic rings. The highest BCUT2D eigenvalue weighted by molar-refractivity contribution is 5.95. The molecule has 0 saturated heterocycles. The van der Waals surface area contributed by atoms with Crippen molar-refractivity contribution in [3.05, 3.63) is 98.8 Å². The second kappa shape index (κ2) is 7.07. The Balaban J connectivity index is 1.61. The van der Waals surface area contributed by atoms with Crippen LogP contribution in [0.3, 0.4) is 0 Å². The average molecular weight is 361 g/mol. The van der Waals surface area contributed by atoms with E-state index >= 15 is 0 Å². The van der Waals surface area contributed by atoms with Crippen molar-refractivity contribution in [1.82, 2.24) is 9.13 Å². The first kappa shape index (κ1) is 17.0. The van der Waals surface area contributed by atoms with E-state index in [1.807, 2.05) is 54.6 Å². The Kier molecular flexibility index (Phi) is 4.46. The van der Waals surface area contributed by atoms with Gasteiger partial charge in [-0.15, -0.1) is 0 Å². The molecule has 27 heavy (non-hydrogen) atoms. The Morgan fingerprint density at radius 3 is 2.48 bits per heavy atom. The van der Waals surface area contributed by atoms with Gasteiger partial charge in [-0.05, 0) is 23.6 Å². The van der Waals surface area contributed by atoms with Gasteiger partial charge in [-0.25, -0.2) is 4.79 Å². The molecule has 1 aliphatic heterocycles. The summed E-state index contributed by atoms with van der Waals surface area (Å²) in [7, 11) is 0. The number of amides is 1. The van der Waals surface area contributed by atoms with Gasteiger partial charge in [0.15, 0.2) is 0 Å². The molecule has 1 aliphatic rings. The van der Waals surface area contributed by atoms with E-state index < -0.39 is 11.2 Å². The molecule has 0 fully saturated rings. The van der Waals surface area contributed by atoms with E-state index in [4.69, 9.17) is 0 Å². The summed E-state index contributed by atoms with van der Waals surface area (Å²) in [5.74, 6) is -0.253. The molecule has 0 bridgehead atoms. The van der Waals surface area contributed by atoms with Gasteiger partial charge >= 0.3 is 5.69 Å². The molecule has 0 aliphatic carbocycles. The minimum Gasteiger partial charge on any atom is -0.310 e. The van der Waals surface area contributed by atoms with Crippen molar-refractivity contribution in [3.63, 3.8) is 0 Å². The molecule has 0 spiro atoms. The van der Waals surface area contributed by atoms with Gasteiger partial charge in [0.25, 0.3) is 5.56 Å². The van der Waals surface area contributed by atoms with Crippen molar-refractivity contribution >= 4 is 11.6 Å². The quantitative estimate of drug-likeness (QED) is 0.710. The number of nitrogens with zero attached hydrogens (tertiary/aromatic N) is 3. The summed E-state index contributed by atoms with van der Waals surface area (Å²) in [6, 6.07) is 18.5. The summed E-state index contributed by atoms with van der Waals surface area (Å²) >= 11 is 0. The Morgan fingerprint density at radius 1 is 0.926 bits per heavy atom. The number of anilines is 1. The predicted octanol–water partition coefficient (Wildman–Crippen LogP) is 1.65. The Bertz CT molecular complexity index is 1100. The van der Waals surface area contributed by atoms with Crippen LogP contribution in [-0.2, 0) is 24.3 Å². The molecule has 136 valence electrons. The maximum absolute atomic E-state index is 12.8. The molecule has 0 N–H and O–H groups in total. The number of aromatic nitrogens is 2. The molecule has 0 radical (unpaired) electrons. The topological polar surface area (TPSA) is 64.3 Å². The lowest BCUT2D eigenvalue weighted by Crippen LogP contribution is -2.44. The summed E-state index contributed by atoms with van der Waals surface area (Å²) in [4.78, 5) is 39.4. The normalized spacial score (nSPS) is 12.8. The molecule has 6 nitrogen and oxygen atoms in total. The Hall–Kier alpha value is -3.41. The minimum absolute atomic E-state index is 0.253. The molecule has 2 aromatic carbocycles. The van der Waals surface area contributed by atoms with Crippen LogP contribution in [0, 0.1) is 0 Å². The van der Waals surface area contributed by atoms with Crippen LogP contribution in [0.4, 0.5) is 5.69 Å². The maximum Gasteiger partial charge on any atom is 0.331 e. The second-order valence-corrected chi connectivity index (χ2v) is 6.56. The van der Waals surface area contributed by atoms with E-state index in [2.05, 4.69) is 0 Å². The van der Waals surface area contributed by atoms with Crippen molar-refractivity contribution in [3.8, 4) is 0 Å². The number of fused-ring (bicyclic) bond motifs is 1. The SMILES string of the molecule is O=C(Cn1c(=O)ccn(Cc2ccccc2)c1=O)N1CCc2ccccc21. The van der Waals surface area contributed by atoms with Crippen molar-refractivity contribution in [2.24, 2.45) is 0 Å². The lowest BCUT2D eigenvalue weighted by molar-refractivity contribution is -0.119. The third-order valence-electron chi connectivity index (χ3n) is 4.82. The first-order valence-corrected chi connectivity index (χ1v) is 8.86. The zero-order valence-electron chi connectivity index (χ0n) is 14.7. The van der Waals surface area contributed by atoms with Gasteiger partial charge in [-0.3, -0.25) is 18.7 Å². The lowest BCUT2D eigenvalue weighted by Gasteiger charge is -2.18. The summed E-state index contributed by atoms with van der Waals surface area (Å²) in [5.41, 5.74) is 1.96. The fourth-order valence-electron chi connectivity index (χ4n) is 3.42. The average Bonchev–Trinajstić information content (AvgIpc) is 3.12. The van der Waals surface area contributed by atoms with E-state index in [0.717, 1.165) is 27.8 Å². The van der Waals surface area contributed by atoms with Crippen LogP contribution in [0.5, 0.6) is 0 Å². The largest absolute Gasteiger partial charge is 0.331 e. The van der Waals surface area contributed by atoms with Gasteiger partial charge in [0, 0.05) is 24.5 Å². The van der Waals surface area contributed by atoms with Gasteiger partial charge in [-0.2, -0.15) is 0 Å². The highest BCUT2D eigenvalue weighted by Gasteiger charge is 2.25. The summed E-state index contributed by atoms with van der Waals surface area (Å²) in [6.45, 7) is 0.653. The number of carbonyl (C=O) groups is 1. The Morgan fingerprint density at radius 2 is 1.67 bits per heavy atom. The first-order chi connectivity index (χ1) is 13.1. The van der Waals surface area contributed by atoms with E-state index in [-0.39, 0.29) is 12.5 Å². The monoisotopic (exact) mass is 361 g/mol. The summed E-state index contributed by atoms with van der Waals surface area (Å²) < 4.78 is 2.45. The highest BCUT2D eigenvalue weighted by atomic mass is 16.2. The van der Waals surface area contributed by atoms with Crippen LogP contribution in [0.15, 0.2) is 76.4 Å². The van der Waals surface area contributed by atoms with Crippen molar-refractivity contribution in [1.29, 1.82) is 0 Å². The Labute approximate surface area is 155 Å². The number of hydrogen-bond acceptors (Lipinski definition) is 3. The van der Waals surface area contributed by atoms with Crippen LogP contribution in [0.25, 0.3) is 0 Å². The first-order valence-electron chi connectivity index (χ1n) is 8.86. The molecule has 1 amide bonds. The molecule has 0 unspecified atom stereocenters. The van der Waals surface area contributed by atoms with Gasteiger partial charge in [0.05, 0.1) is 6.54 Å². The molecule has 2 heterocycles. The zero-order chi connectivity index (χ0) is 18.8. The predicted molar refractivity (Wildman–Crippen MR) is 103 cm³/mol. The molecule has 0 atom stereocenters. The highest BCUT2D eigenvalue weighted by Crippen LogP contribution is 2.27. The number of benzene rings is 2. The number of rotatable bonds is 4. The van der Waals surface area contributed by atoms with Gasteiger partial charge in [-0.1, -0.05) is 48.5 Å². The summed E-state index contributed by atoms with van der Waals surface area (Å²) in [6.07, 6.45) is 2.26. The maximum atomic E-state index is 12.8. The third kappa shape index (κ3) is 3.33. The fourth-order valence-corrected chi connectivity index (χ4v) is 3.42. The van der Waals surface area contributed by atoms with Crippen LogP contribution in [0.2, 0.25) is 0 Å². The van der Waals surface area contributed by atoms with E-state index in [1.54, 1.807) is 4.90 Å². The van der Waals surface area contributed by atoms with Crippen LogP contribution in [-0.4, -0.2) is 21.6 Å². The minimum atomic E-state index is -0.479. The van der Waals surface area contributed by atoms with Crippen LogP contribution < -0.4 is 16.1 Å². The molecule has 6 heteroatoms. The summed E-state index contributed by atoms with van der Waals surface area (Å²) in [5, 5.41) is 0. The molecular formula is C21H19N3O3. The van der Waals surface area contributed by atoms with Gasteiger partial charge in [0.1, 0.15) is 6.54 Å². The standard InChI is InChI=1S/C21H19N3O3/c25-19-11-12-22(14-16-6-2-1-3-7-16)21(27)24(19)15-20(26)23-13-10-17-8-4-5-9-18(17)23/h1-9,11-12H,10,13-15H2. The molecule has 0 saturated carbocycles. The van der Waals surface area contributed by atoms with E-state index in [0.29, 0.717) is 13.1 Å². The second-order valence-electron chi connectivity index (χ2n) is 6.56. The van der Waals surface area contributed by atoms with E-state index in [9.17, 15) is 14.4 Å². The molecule has 1 aromatic heterocycles. The molecule has 4 rings (SSSR count). The van der Waals surface area contributed by atoms with Crippen LogP contribution >= 0.6 is 0 Å². The number of carbonyl (C=O) groups excluding carboxylic acids is 1. The lowest BCUT2D eigenvalue weighted by atomic mass is 10.2. The third-order valence-corrected chi connectivity index (χ3v) is 4.82. The van der Waals surface area contributed by atoms with Gasteiger partial charge < -0.3 is 4.90 Å². The van der Waals surface area contributed by atoms with Crippen molar-refractivity contribution in [2.75, 3.05) is 11.4 Å². The number of hydrogen-bond donors (Lipinski definition) is 0. The zero-order valence-corrected chi connectivity index (χ0v) is 14.7. The van der Waals surface area contributed by atoms with Crippen LogP contribution in [0.1, 0.15) is 11.1 Å².